The van der Waals surface area contributed by atoms with Crippen molar-refractivity contribution in [3.8, 4) is 23.0 Å². The Morgan fingerprint density at radius 1 is 1.00 bits per heavy atom. The fraction of sp³-hybridized carbons (Fsp3) is 0.308. The molecule has 0 spiro atoms. The van der Waals surface area contributed by atoms with E-state index in [0.717, 1.165) is 35.8 Å². The largest absolute Gasteiger partial charge is 0.497 e. The molecule has 0 aromatic heterocycles. The van der Waals surface area contributed by atoms with Crippen LogP contribution in [0.2, 0.25) is 0 Å². The molecule has 0 saturated carbocycles. The minimum Gasteiger partial charge on any atom is -0.497 e. The number of unbranched alkanes of at least 4 members (excludes halogenated alkanes) is 1. The number of carbonyl (C=O) groups excluding carboxylic acids is 1. The summed E-state index contributed by atoms with van der Waals surface area (Å²) in [5.41, 5.74) is 0.853. The molecule has 1 N–H and O–H groups in total. The van der Waals surface area contributed by atoms with Crippen molar-refractivity contribution in [2.24, 2.45) is 10.1 Å². The van der Waals surface area contributed by atoms with E-state index in [2.05, 4.69) is 17.0 Å². The van der Waals surface area contributed by atoms with Gasteiger partial charge in [-0.3, -0.25) is 10.2 Å². The van der Waals surface area contributed by atoms with Gasteiger partial charge in [0.05, 0.1) is 19.8 Å². The topological polar surface area (TPSA) is 106 Å². The Labute approximate surface area is 214 Å². The molecule has 188 valence electrons. The van der Waals surface area contributed by atoms with E-state index >= 15 is 0 Å². The molecule has 2 aromatic carbocycles. The van der Waals surface area contributed by atoms with Crippen LogP contribution in [-0.2, 0) is 4.79 Å². The second-order valence-electron chi connectivity index (χ2n) is 7.90. The van der Waals surface area contributed by atoms with Gasteiger partial charge in [-0.2, -0.15) is 15.1 Å². The molecule has 2 heterocycles. The maximum absolute atomic E-state index is 12.7. The highest BCUT2D eigenvalue weighted by Crippen LogP contribution is 2.32. The first-order valence-electron chi connectivity index (χ1n) is 11.6. The van der Waals surface area contributed by atoms with Crippen molar-refractivity contribution >= 4 is 39.8 Å². The first-order chi connectivity index (χ1) is 17.5. The number of amides is 1. The zero-order valence-corrected chi connectivity index (χ0v) is 21.3. The average Bonchev–Trinajstić information content (AvgIpc) is 3.31. The number of thioether (sulfide) groups is 1. The quantitative estimate of drug-likeness (QED) is 0.337. The predicted molar refractivity (Wildman–Crippen MR) is 142 cm³/mol. The number of fused-ring (bicyclic) bond motifs is 1. The van der Waals surface area contributed by atoms with Crippen LogP contribution in [0.25, 0.3) is 6.08 Å². The first kappa shape index (κ1) is 25.3. The summed E-state index contributed by atoms with van der Waals surface area (Å²) < 4.78 is 22.1. The number of rotatable bonds is 11. The molecule has 0 unspecified atom stereocenters. The van der Waals surface area contributed by atoms with Gasteiger partial charge in [-0.05, 0) is 72.6 Å². The smallest absolute Gasteiger partial charge is 0.283 e. The summed E-state index contributed by atoms with van der Waals surface area (Å²) in [6.07, 6.45) is 4.47. The molecule has 0 atom stereocenters. The molecule has 2 aromatic rings. The second-order valence-corrected chi connectivity index (χ2v) is 8.94. The lowest BCUT2D eigenvalue weighted by atomic mass is 10.1. The van der Waals surface area contributed by atoms with Crippen LogP contribution >= 0.6 is 11.8 Å². The lowest BCUT2D eigenvalue weighted by Gasteiger charge is -2.20. The van der Waals surface area contributed by atoms with Gasteiger partial charge in [0.25, 0.3) is 5.91 Å². The summed E-state index contributed by atoms with van der Waals surface area (Å²) in [6, 6.07) is 12.6. The molecule has 0 aliphatic carbocycles. The Morgan fingerprint density at radius 2 is 1.75 bits per heavy atom. The number of hydrogen-bond donors (Lipinski definition) is 1. The van der Waals surface area contributed by atoms with Crippen molar-refractivity contribution in [3.05, 3.63) is 53.6 Å². The second kappa shape index (κ2) is 11.8. The fourth-order valence-corrected chi connectivity index (χ4v) is 4.43. The molecular formula is C26H28N4O5S. The van der Waals surface area contributed by atoms with E-state index in [1.165, 1.54) is 16.8 Å². The minimum atomic E-state index is -0.458. The van der Waals surface area contributed by atoms with Gasteiger partial charge in [0, 0.05) is 0 Å². The Balaban J connectivity index is 1.40. The molecule has 2 aliphatic rings. The van der Waals surface area contributed by atoms with Crippen molar-refractivity contribution in [2.45, 2.75) is 26.2 Å². The minimum absolute atomic E-state index is 0.0129. The highest BCUT2D eigenvalue weighted by Gasteiger charge is 2.35. The van der Waals surface area contributed by atoms with Crippen molar-refractivity contribution in [2.75, 3.05) is 27.4 Å². The Bertz CT molecular complexity index is 1220. The van der Waals surface area contributed by atoms with Gasteiger partial charge in [-0.25, -0.2) is 0 Å². The van der Waals surface area contributed by atoms with E-state index in [1.807, 2.05) is 24.3 Å². The SMILES string of the molecule is CCCCC1=NN2C(=N)/C(=C\c3ccc(OCCOc4ccc(OC)cc4)c(OC)c3)C(=O)N=C2S1. The van der Waals surface area contributed by atoms with Crippen LogP contribution in [0.4, 0.5) is 0 Å². The van der Waals surface area contributed by atoms with Gasteiger partial charge in [-0.15, -0.1) is 0 Å². The summed E-state index contributed by atoms with van der Waals surface area (Å²) in [6.45, 7) is 2.77. The Morgan fingerprint density at radius 3 is 2.47 bits per heavy atom. The number of hydrazone groups is 1. The number of amidine groups is 2. The van der Waals surface area contributed by atoms with Gasteiger partial charge in [0.15, 0.2) is 17.3 Å². The number of hydrogen-bond acceptors (Lipinski definition) is 8. The third-order valence-electron chi connectivity index (χ3n) is 5.41. The molecule has 9 nitrogen and oxygen atoms in total. The molecule has 36 heavy (non-hydrogen) atoms. The standard InChI is InChI=1S/C26H28N4O5S/c1-4-5-6-23-29-30-24(27)20(25(31)28-26(30)36-23)15-17-7-12-21(22(16-17)33-3)35-14-13-34-19-10-8-18(32-2)9-11-19/h7-12,15-16,27H,4-6,13-14H2,1-3H3/b20-15+,27-24?. The van der Waals surface area contributed by atoms with E-state index in [0.29, 0.717) is 35.4 Å². The normalized spacial score (nSPS) is 16.0. The molecule has 0 fully saturated rings. The zero-order chi connectivity index (χ0) is 25.5. The van der Waals surface area contributed by atoms with Gasteiger partial charge in [-0.1, -0.05) is 19.4 Å². The van der Waals surface area contributed by atoms with E-state index < -0.39 is 5.91 Å². The van der Waals surface area contributed by atoms with Gasteiger partial charge in [0.2, 0.25) is 5.17 Å². The lowest BCUT2D eigenvalue weighted by molar-refractivity contribution is -0.114. The molecule has 0 radical (unpaired) electrons. The van der Waals surface area contributed by atoms with E-state index in [4.69, 9.17) is 24.4 Å². The number of methoxy groups -OCH3 is 2. The summed E-state index contributed by atoms with van der Waals surface area (Å²) in [5.74, 6) is 2.09. The van der Waals surface area contributed by atoms with Crippen molar-refractivity contribution < 1.29 is 23.7 Å². The third kappa shape index (κ3) is 5.88. The van der Waals surface area contributed by atoms with Gasteiger partial charge in [0.1, 0.15) is 29.8 Å². The van der Waals surface area contributed by atoms with Crippen LogP contribution in [0.15, 0.2) is 58.1 Å². The average molecular weight is 509 g/mol. The molecule has 10 heteroatoms. The maximum Gasteiger partial charge on any atom is 0.283 e. The third-order valence-corrected chi connectivity index (χ3v) is 6.38. The van der Waals surface area contributed by atoms with Crippen LogP contribution in [0, 0.1) is 5.41 Å². The molecule has 2 aliphatic heterocycles. The van der Waals surface area contributed by atoms with Crippen molar-refractivity contribution in [1.82, 2.24) is 5.01 Å². The molecule has 0 saturated heterocycles. The van der Waals surface area contributed by atoms with Crippen molar-refractivity contribution in [1.29, 1.82) is 5.41 Å². The molecule has 4 rings (SSSR count). The van der Waals surface area contributed by atoms with E-state index in [1.54, 1.807) is 38.5 Å². The monoisotopic (exact) mass is 508 g/mol. The van der Waals surface area contributed by atoms with Crippen LogP contribution in [0.3, 0.4) is 0 Å². The summed E-state index contributed by atoms with van der Waals surface area (Å²) in [4.78, 5) is 16.8. The summed E-state index contributed by atoms with van der Waals surface area (Å²) in [7, 11) is 3.16. The van der Waals surface area contributed by atoms with Crippen molar-refractivity contribution in [3.63, 3.8) is 0 Å². The number of aliphatic imine (C=N–C) groups is 1. The van der Waals surface area contributed by atoms with E-state index in [9.17, 15) is 4.79 Å². The Kier molecular flexibility index (Phi) is 8.27. The highest BCUT2D eigenvalue weighted by molar-refractivity contribution is 8.26. The molecule has 0 bridgehead atoms. The fourth-order valence-electron chi connectivity index (χ4n) is 3.50. The number of nitrogens with one attached hydrogen (secondary N) is 1. The number of carbonyl (C=O) groups is 1. The number of ether oxygens (including phenoxy) is 4. The molecular weight excluding hydrogens is 480 g/mol. The first-order valence-corrected chi connectivity index (χ1v) is 12.4. The van der Waals surface area contributed by atoms with Gasteiger partial charge < -0.3 is 18.9 Å². The number of benzene rings is 2. The lowest BCUT2D eigenvalue weighted by Crippen LogP contribution is -2.35. The highest BCUT2D eigenvalue weighted by atomic mass is 32.2. The van der Waals surface area contributed by atoms with Crippen LogP contribution in [0.1, 0.15) is 31.7 Å². The van der Waals surface area contributed by atoms with Crippen LogP contribution in [0.5, 0.6) is 23.0 Å². The summed E-state index contributed by atoms with van der Waals surface area (Å²) >= 11 is 1.35. The van der Waals surface area contributed by atoms with Crippen LogP contribution < -0.4 is 18.9 Å². The Hall–Kier alpha value is -3.79. The molecule has 1 amide bonds. The number of nitrogens with zero attached hydrogens (tertiary/aromatic N) is 3. The predicted octanol–water partition coefficient (Wildman–Crippen LogP) is 4.97. The van der Waals surface area contributed by atoms with Crippen LogP contribution in [-0.4, -0.2) is 54.4 Å². The van der Waals surface area contributed by atoms with E-state index in [-0.39, 0.29) is 11.4 Å². The maximum atomic E-state index is 12.7. The van der Waals surface area contributed by atoms with Gasteiger partial charge >= 0.3 is 0 Å². The zero-order valence-electron chi connectivity index (χ0n) is 20.4. The summed E-state index contributed by atoms with van der Waals surface area (Å²) in [5, 5.41) is 15.7.